The minimum absolute atomic E-state index is 0. The molecule has 0 radical (unpaired) electrons. The van der Waals surface area contributed by atoms with E-state index in [4.69, 9.17) is 10.3 Å². The van der Waals surface area contributed by atoms with E-state index in [-0.39, 0.29) is 11.4 Å². The van der Waals surface area contributed by atoms with Crippen LogP contribution >= 0.6 is 0 Å². The topological polar surface area (TPSA) is 129 Å². The third-order valence-electron chi connectivity index (χ3n) is 1.22. The van der Waals surface area contributed by atoms with Gasteiger partial charge in [-0.25, -0.2) is 0 Å². The zero-order valence-electron chi connectivity index (χ0n) is 8.75. The minimum Gasteiger partial charge on any atom is -0.412 e. The van der Waals surface area contributed by atoms with Gasteiger partial charge >= 0.3 is 0 Å². The Morgan fingerprint density at radius 2 is 1.69 bits per heavy atom. The fraction of sp³-hybridized carbons (Fsp3) is 0.222. The summed E-state index contributed by atoms with van der Waals surface area (Å²) < 4.78 is 25.9. The van der Waals surface area contributed by atoms with Crippen LogP contribution in [-0.4, -0.2) is 30.6 Å². The molecule has 6 nitrogen and oxygen atoms in total. The van der Waals surface area contributed by atoms with Crippen molar-refractivity contribution in [3.8, 4) is 0 Å². The predicted octanol–water partition coefficient (Wildman–Crippen LogP) is -0.606. The molecule has 16 heavy (non-hydrogen) atoms. The van der Waals surface area contributed by atoms with Crippen LogP contribution in [0.3, 0.4) is 0 Å². The Bertz CT molecular complexity index is 393. The SMILES string of the molecule is CS(=O)(=O)O.NC(=O)Cc1ccccc1.O. The number of nitrogens with two attached hydrogens (primary N) is 1. The van der Waals surface area contributed by atoms with Gasteiger partial charge in [-0.2, -0.15) is 8.42 Å². The highest BCUT2D eigenvalue weighted by atomic mass is 32.2. The van der Waals surface area contributed by atoms with Crippen LogP contribution in [-0.2, 0) is 21.3 Å². The Kier molecular flexibility index (Phi) is 8.27. The van der Waals surface area contributed by atoms with E-state index in [0.717, 1.165) is 5.56 Å². The molecule has 0 aromatic heterocycles. The number of rotatable bonds is 2. The molecule has 0 atom stereocenters. The molecule has 0 saturated heterocycles. The molecule has 0 aliphatic carbocycles. The molecule has 0 saturated carbocycles. The van der Waals surface area contributed by atoms with Crippen LogP contribution in [0.25, 0.3) is 0 Å². The van der Waals surface area contributed by atoms with E-state index in [1.54, 1.807) is 0 Å². The smallest absolute Gasteiger partial charge is 0.261 e. The molecular weight excluding hydrogens is 234 g/mol. The maximum atomic E-state index is 10.4. The monoisotopic (exact) mass is 249 g/mol. The first-order chi connectivity index (χ1) is 6.79. The Morgan fingerprint density at radius 3 is 2.00 bits per heavy atom. The number of hydrogen-bond donors (Lipinski definition) is 2. The van der Waals surface area contributed by atoms with Crippen molar-refractivity contribution in [2.45, 2.75) is 6.42 Å². The largest absolute Gasteiger partial charge is 0.412 e. The lowest BCUT2D eigenvalue weighted by atomic mass is 10.1. The predicted molar refractivity (Wildman–Crippen MR) is 60.4 cm³/mol. The molecule has 1 aromatic rings. The van der Waals surface area contributed by atoms with Gasteiger partial charge in [0.2, 0.25) is 5.91 Å². The molecule has 92 valence electrons. The van der Waals surface area contributed by atoms with Crippen molar-refractivity contribution in [3.63, 3.8) is 0 Å². The normalized spacial score (nSPS) is 9.38. The van der Waals surface area contributed by atoms with Gasteiger partial charge in [0.1, 0.15) is 0 Å². The number of benzene rings is 1. The highest BCUT2D eigenvalue weighted by molar-refractivity contribution is 7.85. The number of amides is 1. The first kappa shape index (κ1) is 17.0. The summed E-state index contributed by atoms with van der Waals surface area (Å²) in [6, 6.07) is 9.44. The van der Waals surface area contributed by atoms with Crippen LogP contribution in [0, 0.1) is 0 Å². The van der Waals surface area contributed by atoms with Crippen molar-refractivity contribution in [1.29, 1.82) is 0 Å². The van der Waals surface area contributed by atoms with E-state index in [9.17, 15) is 13.2 Å². The molecule has 1 amide bonds. The molecule has 0 spiro atoms. The Morgan fingerprint density at radius 1 is 1.31 bits per heavy atom. The van der Waals surface area contributed by atoms with E-state index in [1.807, 2.05) is 30.3 Å². The zero-order valence-corrected chi connectivity index (χ0v) is 9.57. The molecule has 0 aliphatic heterocycles. The Labute approximate surface area is 94.1 Å². The fourth-order valence-electron chi connectivity index (χ4n) is 0.797. The molecular formula is C9H15NO5S. The van der Waals surface area contributed by atoms with Crippen LogP contribution in [0.15, 0.2) is 30.3 Å². The summed E-state index contributed by atoms with van der Waals surface area (Å²) in [4.78, 5) is 10.4. The van der Waals surface area contributed by atoms with Crippen molar-refractivity contribution in [1.82, 2.24) is 0 Å². The second kappa shape index (κ2) is 7.80. The highest BCUT2D eigenvalue weighted by Gasteiger charge is 1.94. The number of carbonyl (C=O) groups excluding carboxylic acids is 1. The third kappa shape index (κ3) is 15.1. The number of carbonyl (C=O) groups is 1. The molecule has 0 unspecified atom stereocenters. The Hall–Kier alpha value is -1.44. The number of primary amides is 1. The van der Waals surface area contributed by atoms with Gasteiger partial charge in [0.15, 0.2) is 0 Å². The molecule has 1 aromatic carbocycles. The first-order valence-electron chi connectivity index (χ1n) is 4.03. The van der Waals surface area contributed by atoms with Crippen molar-refractivity contribution in [2.75, 3.05) is 6.26 Å². The van der Waals surface area contributed by atoms with E-state index >= 15 is 0 Å². The summed E-state index contributed by atoms with van der Waals surface area (Å²) in [5, 5.41) is 0. The lowest BCUT2D eigenvalue weighted by Gasteiger charge is -1.93. The second-order valence-corrected chi connectivity index (χ2v) is 4.33. The summed E-state index contributed by atoms with van der Waals surface area (Å²) in [6.45, 7) is 0. The molecule has 1 rings (SSSR count). The summed E-state index contributed by atoms with van der Waals surface area (Å²) >= 11 is 0. The zero-order chi connectivity index (χ0) is 11.9. The third-order valence-corrected chi connectivity index (χ3v) is 1.22. The van der Waals surface area contributed by atoms with E-state index in [1.165, 1.54) is 0 Å². The van der Waals surface area contributed by atoms with Crippen LogP contribution in [0.2, 0.25) is 0 Å². The summed E-state index contributed by atoms with van der Waals surface area (Å²) in [5.74, 6) is -0.286. The van der Waals surface area contributed by atoms with Crippen molar-refractivity contribution >= 4 is 16.0 Å². The van der Waals surface area contributed by atoms with Gasteiger partial charge in [-0.1, -0.05) is 30.3 Å². The molecule has 0 fully saturated rings. The van der Waals surface area contributed by atoms with E-state index in [2.05, 4.69) is 0 Å². The van der Waals surface area contributed by atoms with Gasteiger partial charge < -0.3 is 11.2 Å². The van der Waals surface area contributed by atoms with Crippen LogP contribution < -0.4 is 5.73 Å². The lowest BCUT2D eigenvalue weighted by Crippen LogP contribution is -2.13. The van der Waals surface area contributed by atoms with Crippen LogP contribution in [0.1, 0.15) is 5.56 Å². The summed E-state index contributed by atoms with van der Waals surface area (Å²) in [5.41, 5.74) is 5.95. The lowest BCUT2D eigenvalue weighted by molar-refractivity contribution is -0.117. The molecule has 7 heteroatoms. The maximum absolute atomic E-state index is 10.4. The van der Waals surface area contributed by atoms with E-state index < -0.39 is 10.1 Å². The Balaban J connectivity index is 0. The van der Waals surface area contributed by atoms with Gasteiger partial charge in [0, 0.05) is 0 Å². The van der Waals surface area contributed by atoms with E-state index in [0.29, 0.717) is 12.7 Å². The molecule has 0 aliphatic rings. The fourth-order valence-corrected chi connectivity index (χ4v) is 0.797. The minimum atomic E-state index is -3.67. The highest BCUT2D eigenvalue weighted by Crippen LogP contribution is 1.97. The van der Waals surface area contributed by atoms with Gasteiger partial charge in [-0.05, 0) is 5.56 Å². The van der Waals surface area contributed by atoms with Crippen LogP contribution in [0.4, 0.5) is 0 Å². The van der Waals surface area contributed by atoms with Gasteiger partial charge in [-0.15, -0.1) is 0 Å². The standard InChI is InChI=1S/C8H9NO.CH4O3S.H2O/c9-8(10)6-7-4-2-1-3-5-7;1-5(2,3)4;/h1-5H,6H2,(H2,9,10);1H3,(H,2,3,4);1H2. The second-order valence-electron chi connectivity index (χ2n) is 2.86. The van der Waals surface area contributed by atoms with Crippen molar-refractivity contribution in [3.05, 3.63) is 35.9 Å². The average molecular weight is 249 g/mol. The summed E-state index contributed by atoms with van der Waals surface area (Å²) in [7, 11) is -3.67. The average Bonchev–Trinajstić information content (AvgIpc) is 2.01. The van der Waals surface area contributed by atoms with Crippen molar-refractivity contribution in [2.24, 2.45) is 5.73 Å². The van der Waals surface area contributed by atoms with Gasteiger partial charge in [0.25, 0.3) is 10.1 Å². The molecule has 0 bridgehead atoms. The van der Waals surface area contributed by atoms with Gasteiger partial charge in [-0.3, -0.25) is 9.35 Å². The molecule has 0 heterocycles. The molecule has 5 N–H and O–H groups in total. The quantitative estimate of drug-likeness (QED) is 0.677. The maximum Gasteiger partial charge on any atom is 0.261 e. The van der Waals surface area contributed by atoms with Gasteiger partial charge in [0.05, 0.1) is 12.7 Å². The van der Waals surface area contributed by atoms with Crippen molar-refractivity contribution < 1.29 is 23.2 Å². The number of hydrogen-bond acceptors (Lipinski definition) is 3. The summed E-state index contributed by atoms with van der Waals surface area (Å²) in [6.07, 6.45) is 1.05. The first-order valence-corrected chi connectivity index (χ1v) is 5.88. The van der Waals surface area contributed by atoms with Crippen LogP contribution in [0.5, 0.6) is 0 Å².